The van der Waals surface area contributed by atoms with Crippen molar-refractivity contribution in [1.29, 1.82) is 0 Å². The Morgan fingerprint density at radius 2 is 2.17 bits per heavy atom. The van der Waals surface area contributed by atoms with Crippen molar-refractivity contribution < 1.29 is 9.53 Å². The van der Waals surface area contributed by atoms with Gasteiger partial charge in [0.15, 0.2) is 0 Å². The highest BCUT2D eigenvalue weighted by Gasteiger charge is 2.09. The monoisotopic (exact) mass is 236 g/mol. The first-order valence-electron chi connectivity index (χ1n) is 4.41. The standard InChI is InChI=1S/C9H17BrO2/c1-3-4-5-6-8(10)7-9(11)12-2/h8H,3-7H2,1-2H3. The van der Waals surface area contributed by atoms with Crippen molar-refractivity contribution in [1.82, 2.24) is 0 Å². The maximum Gasteiger partial charge on any atom is 0.306 e. The molecule has 0 amide bonds. The maximum absolute atomic E-state index is 10.8. The van der Waals surface area contributed by atoms with Crippen LogP contribution in [0.2, 0.25) is 0 Å². The Labute approximate surface area is 82.8 Å². The van der Waals surface area contributed by atoms with Gasteiger partial charge in [-0.15, -0.1) is 0 Å². The Balaban J connectivity index is 3.32. The molecule has 0 heterocycles. The number of alkyl halides is 1. The molecule has 0 N–H and O–H groups in total. The average Bonchev–Trinajstić information content (AvgIpc) is 2.05. The molecule has 0 aliphatic carbocycles. The van der Waals surface area contributed by atoms with Gasteiger partial charge in [-0.05, 0) is 6.42 Å². The number of unbranched alkanes of at least 4 members (excludes halogenated alkanes) is 2. The smallest absolute Gasteiger partial charge is 0.306 e. The first-order valence-corrected chi connectivity index (χ1v) is 5.33. The van der Waals surface area contributed by atoms with Crippen molar-refractivity contribution in [2.75, 3.05) is 7.11 Å². The third-order valence-electron chi connectivity index (χ3n) is 1.74. The number of rotatable bonds is 6. The number of carbonyl (C=O) groups is 1. The molecule has 2 nitrogen and oxygen atoms in total. The highest BCUT2D eigenvalue weighted by atomic mass is 79.9. The van der Waals surface area contributed by atoms with Crippen LogP contribution < -0.4 is 0 Å². The van der Waals surface area contributed by atoms with Crippen LogP contribution >= 0.6 is 15.9 Å². The molecule has 72 valence electrons. The second-order valence-corrected chi connectivity index (χ2v) is 4.17. The zero-order valence-corrected chi connectivity index (χ0v) is 9.39. The van der Waals surface area contributed by atoms with Crippen molar-refractivity contribution in [2.24, 2.45) is 0 Å². The minimum atomic E-state index is -0.131. The van der Waals surface area contributed by atoms with Crippen LogP contribution in [0, 0.1) is 0 Å². The molecule has 0 fully saturated rings. The third kappa shape index (κ3) is 6.65. The van der Waals surface area contributed by atoms with Crippen molar-refractivity contribution in [3.63, 3.8) is 0 Å². The van der Waals surface area contributed by atoms with Gasteiger partial charge in [0.1, 0.15) is 0 Å². The van der Waals surface area contributed by atoms with E-state index in [4.69, 9.17) is 0 Å². The minimum absolute atomic E-state index is 0.131. The van der Waals surface area contributed by atoms with Gasteiger partial charge in [-0.1, -0.05) is 42.1 Å². The fourth-order valence-electron chi connectivity index (χ4n) is 0.982. The van der Waals surface area contributed by atoms with Crippen molar-refractivity contribution >= 4 is 21.9 Å². The summed E-state index contributed by atoms with van der Waals surface area (Å²) in [7, 11) is 1.42. The fourth-order valence-corrected chi connectivity index (χ4v) is 1.57. The summed E-state index contributed by atoms with van der Waals surface area (Å²) in [5, 5.41) is 0. The van der Waals surface area contributed by atoms with Crippen LogP contribution in [0.15, 0.2) is 0 Å². The SMILES string of the molecule is CCCCCC(Br)CC(=O)OC. The Morgan fingerprint density at radius 1 is 1.50 bits per heavy atom. The first-order chi connectivity index (χ1) is 5.70. The van der Waals surface area contributed by atoms with Gasteiger partial charge in [-0.25, -0.2) is 0 Å². The van der Waals surface area contributed by atoms with Gasteiger partial charge in [0, 0.05) is 4.83 Å². The maximum atomic E-state index is 10.8. The number of esters is 1. The average molecular weight is 237 g/mol. The summed E-state index contributed by atoms with van der Waals surface area (Å²) in [5.41, 5.74) is 0. The minimum Gasteiger partial charge on any atom is -0.469 e. The van der Waals surface area contributed by atoms with Gasteiger partial charge in [-0.2, -0.15) is 0 Å². The lowest BCUT2D eigenvalue weighted by atomic mass is 10.1. The normalized spacial score (nSPS) is 12.6. The van der Waals surface area contributed by atoms with E-state index in [0.29, 0.717) is 6.42 Å². The number of ether oxygens (including phenoxy) is 1. The second kappa shape index (κ2) is 7.59. The van der Waals surface area contributed by atoms with E-state index in [1.807, 2.05) is 0 Å². The lowest BCUT2D eigenvalue weighted by Gasteiger charge is -2.06. The Hall–Kier alpha value is -0.0500. The summed E-state index contributed by atoms with van der Waals surface area (Å²) in [6.45, 7) is 2.17. The molecule has 0 bridgehead atoms. The predicted octanol–water partition coefficient (Wildman–Crippen LogP) is 2.89. The molecule has 0 saturated heterocycles. The quantitative estimate of drug-likeness (QED) is 0.403. The van der Waals surface area contributed by atoms with E-state index in [9.17, 15) is 4.79 Å². The zero-order valence-electron chi connectivity index (χ0n) is 7.81. The highest BCUT2D eigenvalue weighted by molar-refractivity contribution is 9.09. The molecule has 1 atom stereocenters. The largest absolute Gasteiger partial charge is 0.469 e. The lowest BCUT2D eigenvalue weighted by molar-refractivity contribution is -0.140. The molecule has 0 aliphatic rings. The van der Waals surface area contributed by atoms with Crippen LogP contribution in [-0.2, 0) is 9.53 Å². The first kappa shape index (κ1) is 11.9. The number of methoxy groups -OCH3 is 1. The van der Waals surface area contributed by atoms with Gasteiger partial charge in [0.05, 0.1) is 13.5 Å². The molecule has 0 aromatic carbocycles. The molecule has 0 aromatic heterocycles. The number of halogens is 1. The summed E-state index contributed by atoms with van der Waals surface area (Å²) in [6.07, 6.45) is 5.19. The zero-order chi connectivity index (χ0) is 9.40. The fraction of sp³-hybridized carbons (Fsp3) is 0.889. The summed E-state index contributed by atoms with van der Waals surface area (Å²) in [5.74, 6) is -0.131. The molecule has 0 rings (SSSR count). The highest BCUT2D eigenvalue weighted by Crippen LogP contribution is 2.14. The molecule has 0 saturated carbocycles. The molecule has 0 radical (unpaired) electrons. The molecule has 12 heavy (non-hydrogen) atoms. The van der Waals surface area contributed by atoms with Crippen LogP contribution in [0.4, 0.5) is 0 Å². The van der Waals surface area contributed by atoms with E-state index in [1.165, 1.54) is 26.4 Å². The molecule has 0 aromatic rings. The van der Waals surface area contributed by atoms with Crippen LogP contribution in [0.25, 0.3) is 0 Å². The van der Waals surface area contributed by atoms with Gasteiger partial charge >= 0.3 is 5.97 Å². The van der Waals surface area contributed by atoms with E-state index in [-0.39, 0.29) is 10.8 Å². The summed E-state index contributed by atoms with van der Waals surface area (Å²) < 4.78 is 4.56. The lowest BCUT2D eigenvalue weighted by Crippen LogP contribution is -2.08. The van der Waals surface area contributed by atoms with Crippen LogP contribution in [-0.4, -0.2) is 17.9 Å². The van der Waals surface area contributed by atoms with Crippen molar-refractivity contribution in [3.8, 4) is 0 Å². The van der Waals surface area contributed by atoms with E-state index in [2.05, 4.69) is 27.6 Å². The molecule has 0 spiro atoms. The van der Waals surface area contributed by atoms with E-state index in [0.717, 1.165) is 6.42 Å². The summed E-state index contributed by atoms with van der Waals surface area (Å²) in [4.78, 5) is 11.1. The van der Waals surface area contributed by atoms with Crippen molar-refractivity contribution in [3.05, 3.63) is 0 Å². The second-order valence-electron chi connectivity index (χ2n) is 2.87. The predicted molar refractivity (Wildman–Crippen MR) is 53.5 cm³/mol. The van der Waals surface area contributed by atoms with Gasteiger partial charge in [0.25, 0.3) is 0 Å². The van der Waals surface area contributed by atoms with Crippen LogP contribution in [0.1, 0.15) is 39.0 Å². The Kier molecular flexibility index (Phi) is 7.56. The molecular formula is C9H17BrO2. The molecule has 3 heteroatoms. The van der Waals surface area contributed by atoms with Gasteiger partial charge in [-0.3, -0.25) is 4.79 Å². The van der Waals surface area contributed by atoms with Crippen molar-refractivity contribution in [2.45, 2.75) is 43.9 Å². The van der Waals surface area contributed by atoms with E-state index < -0.39 is 0 Å². The summed E-state index contributed by atoms with van der Waals surface area (Å²) >= 11 is 3.45. The summed E-state index contributed by atoms with van der Waals surface area (Å²) in [6, 6.07) is 0. The number of hydrogen-bond acceptors (Lipinski definition) is 2. The molecular weight excluding hydrogens is 220 g/mol. The van der Waals surface area contributed by atoms with Crippen LogP contribution in [0.3, 0.4) is 0 Å². The Bertz CT molecular complexity index is 126. The van der Waals surface area contributed by atoms with E-state index in [1.54, 1.807) is 0 Å². The van der Waals surface area contributed by atoms with Gasteiger partial charge < -0.3 is 4.74 Å². The Morgan fingerprint density at radius 3 is 2.67 bits per heavy atom. The number of hydrogen-bond donors (Lipinski definition) is 0. The van der Waals surface area contributed by atoms with E-state index >= 15 is 0 Å². The number of carbonyl (C=O) groups excluding carboxylic acids is 1. The van der Waals surface area contributed by atoms with Gasteiger partial charge in [0.2, 0.25) is 0 Å². The van der Waals surface area contributed by atoms with Crippen LogP contribution in [0.5, 0.6) is 0 Å². The third-order valence-corrected chi connectivity index (χ3v) is 2.52. The molecule has 1 unspecified atom stereocenters. The topological polar surface area (TPSA) is 26.3 Å². The molecule has 0 aliphatic heterocycles.